The van der Waals surface area contributed by atoms with Gasteiger partial charge in [0.05, 0.1) is 25.8 Å². The van der Waals surface area contributed by atoms with Crippen LogP contribution >= 0.6 is 0 Å². The molecule has 0 radical (unpaired) electrons. The van der Waals surface area contributed by atoms with Gasteiger partial charge in [0.15, 0.2) is 0 Å². The second kappa shape index (κ2) is 9.67. The quantitative estimate of drug-likeness (QED) is 0.330. The number of carbonyl (C=O) groups excluding carboxylic acids is 3. The van der Waals surface area contributed by atoms with Crippen LogP contribution in [0.4, 0.5) is 0 Å². The van der Waals surface area contributed by atoms with Gasteiger partial charge >= 0.3 is 11.9 Å². The van der Waals surface area contributed by atoms with Crippen molar-refractivity contribution in [1.82, 2.24) is 9.88 Å². The zero-order valence-corrected chi connectivity index (χ0v) is 22.4. The van der Waals surface area contributed by atoms with Crippen molar-refractivity contribution in [2.75, 3.05) is 14.2 Å². The van der Waals surface area contributed by atoms with E-state index in [9.17, 15) is 14.4 Å². The normalized spacial score (nSPS) is 17.1. The SMILES string of the molecule is COC(=O)c1ccc([C@H]2c3[nH]c4ccc(C)cc4c3C[C@H](C(=O)OC)N2C(=O)C#C[Si](C)(C)C)cc1. The third kappa shape index (κ3) is 4.79. The highest BCUT2D eigenvalue weighted by Crippen LogP contribution is 2.41. The second-order valence-electron chi connectivity index (χ2n) is 10.0. The molecule has 4 rings (SSSR count). The first-order chi connectivity index (χ1) is 17.0. The van der Waals surface area contributed by atoms with Gasteiger partial charge < -0.3 is 19.4 Å². The Morgan fingerprint density at radius 3 is 2.33 bits per heavy atom. The third-order valence-electron chi connectivity index (χ3n) is 6.28. The standard InChI is InChI=1S/C28H30N2O5Si/c1-17-7-12-22-20(15-17)21-16-23(28(33)35-3)30(24(31)13-14-36(4,5)6)26(25(21)29-22)18-8-10-19(11-9-18)27(32)34-2/h7-12,15,23,26,29H,16H2,1-6H3/t23-,26+/m1/s1. The number of hydrogen-bond acceptors (Lipinski definition) is 5. The molecule has 0 bridgehead atoms. The molecule has 2 atom stereocenters. The number of aryl methyl sites for hydroxylation is 1. The highest BCUT2D eigenvalue weighted by atomic mass is 28.3. The van der Waals surface area contributed by atoms with E-state index in [0.29, 0.717) is 12.0 Å². The number of nitrogens with zero attached hydrogens (tertiary/aromatic N) is 1. The molecule has 36 heavy (non-hydrogen) atoms. The summed E-state index contributed by atoms with van der Waals surface area (Å²) in [6, 6.07) is 11.5. The lowest BCUT2D eigenvalue weighted by molar-refractivity contribution is -0.153. The fraction of sp³-hybridized carbons (Fsp3) is 0.321. The van der Waals surface area contributed by atoms with E-state index in [1.165, 1.54) is 19.1 Å². The average molecular weight is 503 g/mol. The van der Waals surface area contributed by atoms with E-state index in [4.69, 9.17) is 9.47 Å². The molecule has 1 aliphatic rings. The summed E-state index contributed by atoms with van der Waals surface area (Å²) < 4.78 is 9.98. The molecule has 0 saturated heterocycles. The van der Waals surface area contributed by atoms with Crippen molar-refractivity contribution >= 4 is 36.8 Å². The first-order valence-corrected chi connectivity index (χ1v) is 15.3. The number of carbonyl (C=O) groups is 3. The minimum absolute atomic E-state index is 0.308. The number of ether oxygens (including phenoxy) is 2. The maximum atomic E-state index is 13.6. The van der Waals surface area contributed by atoms with Crippen molar-refractivity contribution in [1.29, 1.82) is 0 Å². The van der Waals surface area contributed by atoms with E-state index in [2.05, 4.69) is 42.2 Å². The number of aromatic amines is 1. The molecule has 7 nitrogen and oxygen atoms in total. The highest BCUT2D eigenvalue weighted by Gasteiger charge is 2.44. The van der Waals surface area contributed by atoms with Crippen molar-refractivity contribution in [2.45, 2.75) is 45.1 Å². The molecule has 0 unspecified atom stereocenters. The van der Waals surface area contributed by atoms with E-state index in [0.717, 1.165) is 33.3 Å². The van der Waals surface area contributed by atoms with E-state index in [1.54, 1.807) is 24.3 Å². The number of benzene rings is 2. The molecule has 186 valence electrons. The van der Waals surface area contributed by atoms with Gasteiger partial charge in [0.1, 0.15) is 14.1 Å². The fourth-order valence-corrected chi connectivity index (χ4v) is 5.07. The molecule has 0 spiro atoms. The van der Waals surface area contributed by atoms with Crippen LogP contribution in [0.25, 0.3) is 10.9 Å². The smallest absolute Gasteiger partial charge is 0.337 e. The molecular formula is C28H30N2O5Si. The Morgan fingerprint density at radius 2 is 1.72 bits per heavy atom. The van der Waals surface area contributed by atoms with Gasteiger partial charge in [0.2, 0.25) is 0 Å². The lowest BCUT2D eigenvalue weighted by atomic mass is 9.87. The number of methoxy groups -OCH3 is 2. The summed E-state index contributed by atoms with van der Waals surface area (Å²) in [6.45, 7) is 8.19. The summed E-state index contributed by atoms with van der Waals surface area (Å²) in [7, 11) is 0.800. The number of rotatable bonds is 3. The van der Waals surface area contributed by atoms with Gasteiger partial charge in [0.25, 0.3) is 5.91 Å². The first kappa shape index (κ1) is 25.3. The number of aromatic nitrogens is 1. The van der Waals surface area contributed by atoms with Gasteiger partial charge in [-0.3, -0.25) is 4.79 Å². The van der Waals surface area contributed by atoms with E-state index in [1.807, 2.05) is 19.1 Å². The van der Waals surface area contributed by atoms with Gasteiger partial charge in [-0.2, -0.15) is 0 Å². The van der Waals surface area contributed by atoms with Crippen LogP contribution in [0.15, 0.2) is 42.5 Å². The summed E-state index contributed by atoms with van der Waals surface area (Å²) in [4.78, 5) is 43.7. The Bertz CT molecular complexity index is 1410. The van der Waals surface area contributed by atoms with Gasteiger partial charge in [-0.25, -0.2) is 9.59 Å². The number of fused-ring (bicyclic) bond motifs is 3. The van der Waals surface area contributed by atoms with Gasteiger partial charge in [-0.05, 0) is 48.2 Å². The summed E-state index contributed by atoms with van der Waals surface area (Å²) >= 11 is 0. The van der Waals surface area contributed by atoms with Crippen LogP contribution < -0.4 is 0 Å². The minimum atomic E-state index is -1.86. The molecule has 0 aliphatic carbocycles. The Balaban J connectivity index is 1.95. The monoisotopic (exact) mass is 502 g/mol. The van der Waals surface area contributed by atoms with Crippen molar-refractivity contribution in [2.24, 2.45) is 0 Å². The zero-order valence-electron chi connectivity index (χ0n) is 21.4. The third-order valence-corrected chi connectivity index (χ3v) is 7.15. The molecule has 0 fully saturated rings. The van der Waals surface area contributed by atoms with Gasteiger partial charge in [-0.1, -0.05) is 43.4 Å². The predicted molar refractivity (Wildman–Crippen MR) is 140 cm³/mol. The van der Waals surface area contributed by atoms with Crippen LogP contribution in [0.3, 0.4) is 0 Å². The average Bonchev–Trinajstić information content (AvgIpc) is 3.22. The Morgan fingerprint density at radius 1 is 1.03 bits per heavy atom. The van der Waals surface area contributed by atoms with Crippen LogP contribution in [0.5, 0.6) is 0 Å². The summed E-state index contributed by atoms with van der Waals surface area (Å²) in [5, 5.41) is 1.01. The van der Waals surface area contributed by atoms with Gasteiger partial charge in [-0.15, -0.1) is 5.54 Å². The molecule has 8 heteroatoms. The summed E-state index contributed by atoms with van der Waals surface area (Å²) in [6.07, 6.45) is 0.308. The van der Waals surface area contributed by atoms with E-state index >= 15 is 0 Å². The highest BCUT2D eigenvalue weighted by molar-refractivity contribution is 6.84. The summed E-state index contributed by atoms with van der Waals surface area (Å²) in [5.74, 6) is 1.43. The minimum Gasteiger partial charge on any atom is -0.467 e. The summed E-state index contributed by atoms with van der Waals surface area (Å²) in [5.41, 5.74) is 8.07. The maximum absolute atomic E-state index is 13.6. The van der Waals surface area contributed by atoms with E-state index < -0.39 is 38.0 Å². The van der Waals surface area contributed by atoms with Crippen molar-refractivity contribution in [3.63, 3.8) is 0 Å². The van der Waals surface area contributed by atoms with Crippen LogP contribution in [-0.4, -0.2) is 56.1 Å². The number of amides is 1. The molecule has 1 aliphatic heterocycles. The lowest BCUT2D eigenvalue weighted by Crippen LogP contribution is -2.51. The van der Waals surface area contributed by atoms with E-state index in [-0.39, 0.29) is 0 Å². The largest absolute Gasteiger partial charge is 0.467 e. The molecule has 0 saturated carbocycles. The van der Waals surface area contributed by atoms with Crippen molar-refractivity contribution in [3.8, 4) is 11.5 Å². The fourth-order valence-electron chi connectivity index (χ4n) is 4.59. The zero-order chi connectivity index (χ0) is 26.2. The van der Waals surface area contributed by atoms with Crippen LogP contribution in [0.1, 0.15) is 38.8 Å². The van der Waals surface area contributed by atoms with Gasteiger partial charge in [0, 0.05) is 23.0 Å². The Labute approximate surface area is 211 Å². The predicted octanol–water partition coefficient (Wildman–Crippen LogP) is 4.16. The number of nitrogens with one attached hydrogen (secondary N) is 1. The van der Waals surface area contributed by atoms with Crippen LogP contribution in [-0.2, 0) is 25.5 Å². The Hall–Kier alpha value is -3.83. The molecule has 1 aromatic heterocycles. The molecule has 3 aromatic rings. The maximum Gasteiger partial charge on any atom is 0.337 e. The van der Waals surface area contributed by atoms with Crippen LogP contribution in [0.2, 0.25) is 19.6 Å². The topological polar surface area (TPSA) is 88.7 Å². The molecule has 2 heterocycles. The molecule has 2 aromatic carbocycles. The first-order valence-electron chi connectivity index (χ1n) is 11.8. The van der Waals surface area contributed by atoms with Crippen LogP contribution in [0, 0.1) is 18.4 Å². The molecule has 1 amide bonds. The van der Waals surface area contributed by atoms with Crippen molar-refractivity contribution < 1.29 is 23.9 Å². The second-order valence-corrected chi connectivity index (χ2v) is 14.8. The number of esters is 2. The van der Waals surface area contributed by atoms with Crippen molar-refractivity contribution in [3.05, 3.63) is 70.4 Å². The molecular weight excluding hydrogens is 472 g/mol. The number of H-pyrrole nitrogens is 1. The Kier molecular flexibility index (Phi) is 6.78. The molecule has 1 N–H and O–H groups in total. The lowest BCUT2D eigenvalue weighted by Gasteiger charge is -2.40. The number of hydrogen-bond donors (Lipinski definition) is 1.